The molecule has 0 radical (unpaired) electrons. The van der Waals surface area contributed by atoms with Crippen LogP contribution in [0.2, 0.25) is 0 Å². The van der Waals surface area contributed by atoms with Crippen LogP contribution in [0.5, 0.6) is 0 Å². The number of nitrogens with two attached hydrogens (primary N) is 1. The molecule has 1 rings (SSSR count). The van der Waals surface area contributed by atoms with Crippen LogP contribution in [0.4, 0.5) is 5.82 Å². The fourth-order valence-electron chi connectivity index (χ4n) is 0.626. The Bertz CT molecular complexity index is 225. The van der Waals surface area contributed by atoms with E-state index in [2.05, 4.69) is 4.98 Å². The minimum Gasteiger partial charge on any atom is -0.384 e. The van der Waals surface area contributed by atoms with Gasteiger partial charge in [0, 0.05) is 11.8 Å². The topological polar surface area (TPSA) is 79.4 Å². The summed E-state index contributed by atoms with van der Waals surface area (Å²) in [6.45, 7) is 0. The monoisotopic (exact) mass is 140 g/mol. The van der Waals surface area contributed by atoms with Crippen LogP contribution < -0.4 is 5.73 Å². The van der Waals surface area contributed by atoms with Crippen LogP contribution in [0.3, 0.4) is 0 Å². The second-order valence-corrected chi connectivity index (χ2v) is 1.89. The van der Waals surface area contributed by atoms with E-state index in [9.17, 15) is 0 Å². The van der Waals surface area contributed by atoms with E-state index in [4.69, 9.17) is 15.9 Å². The molecule has 0 fully saturated rings. The first-order chi connectivity index (χ1) is 4.70. The number of nitrogen functional groups attached to an aromatic ring is 1. The molecule has 4 heteroatoms. The zero-order valence-corrected chi connectivity index (χ0v) is 5.23. The molecule has 0 spiro atoms. The third-order valence-corrected chi connectivity index (χ3v) is 1.10. The van der Waals surface area contributed by atoms with Crippen molar-refractivity contribution in [3.63, 3.8) is 0 Å². The van der Waals surface area contributed by atoms with Crippen LogP contribution in [-0.4, -0.2) is 15.2 Å². The third-order valence-electron chi connectivity index (χ3n) is 1.10. The highest BCUT2D eigenvalue weighted by atomic mass is 16.5. The smallest absolute Gasteiger partial charge is 0.178 e. The number of aromatic nitrogens is 1. The fourth-order valence-corrected chi connectivity index (χ4v) is 0.626. The molecule has 0 aromatic carbocycles. The van der Waals surface area contributed by atoms with Gasteiger partial charge in [0.2, 0.25) is 0 Å². The van der Waals surface area contributed by atoms with Gasteiger partial charge in [-0.2, -0.15) is 0 Å². The minimum atomic E-state index is -1.47. The van der Waals surface area contributed by atoms with Crippen molar-refractivity contribution < 1.29 is 10.2 Å². The lowest BCUT2D eigenvalue weighted by atomic mass is 10.2. The number of hydrogen-bond donors (Lipinski definition) is 3. The maximum Gasteiger partial charge on any atom is 0.178 e. The summed E-state index contributed by atoms with van der Waals surface area (Å²) in [5.74, 6) is 0.283. The number of pyridine rings is 1. The van der Waals surface area contributed by atoms with Gasteiger partial charge in [-0.1, -0.05) is 0 Å². The van der Waals surface area contributed by atoms with Gasteiger partial charge in [-0.25, -0.2) is 4.98 Å². The molecule has 1 aromatic heterocycles. The molecule has 0 atom stereocenters. The first kappa shape index (κ1) is 6.98. The maximum atomic E-state index is 8.62. The van der Waals surface area contributed by atoms with Gasteiger partial charge in [-0.3, -0.25) is 0 Å². The largest absolute Gasteiger partial charge is 0.384 e. The van der Waals surface area contributed by atoms with Gasteiger partial charge in [0.1, 0.15) is 5.82 Å². The summed E-state index contributed by atoms with van der Waals surface area (Å²) >= 11 is 0. The van der Waals surface area contributed by atoms with Crippen molar-refractivity contribution in [1.29, 1.82) is 0 Å². The quantitative estimate of drug-likeness (QED) is 0.466. The second-order valence-electron chi connectivity index (χ2n) is 1.89. The second kappa shape index (κ2) is 2.64. The molecule has 4 N–H and O–H groups in total. The molecule has 0 aliphatic carbocycles. The van der Waals surface area contributed by atoms with Crippen LogP contribution in [0.15, 0.2) is 18.3 Å². The summed E-state index contributed by atoms with van der Waals surface area (Å²) < 4.78 is 0. The molecule has 54 valence electrons. The van der Waals surface area contributed by atoms with Crippen molar-refractivity contribution in [2.24, 2.45) is 0 Å². The lowest BCUT2D eigenvalue weighted by Gasteiger charge is -2.01. The maximum absolute atomic E-state index is 8.62. The lowest BCUT2D eigenvalue weighted by molar-refractivity contribution is -0.0424. The van der Waals surface area contributed by atoms with Crippen molar-refractivity contribution in [1.82, 2.24) is 4.98 Å². The highest BCUT2D eigenvalue weighted by Crippen LogP contribution is 2.09. The van der Waals surface area contributed by atoms with Crippen LogP contribution >= 0.6 is 0 Å². The number of rotatable bonds is 1. The van der Waals surface area contributed by atoms with E-state index in [-0.39, 0.29) is 5.82 Å². The number of nitrogens with zero attached hydrogens (tertiary/aromatic N) is 1. The van der Waals surface area contributed by atoms with Crippen LogP contribution in [-0.2, 0) is 0 Å². The van der Waals surface area contributed by atoms with Crippen molar-refractivity contribution in [2.45, 2.75) is 6.29 Å². The molecule has 0 saturated heterocycles. The first-order valence-electron chi connectivity index (χ1n) is 2.77. The van der Waals surface area contributed by atoms with Gasteiger partial charge in [0.25, 0.3) is 0 Å². The van der Waals surface area contributed by atoms with Crippen molar-refractivity contribution in [2.75, 3.05) is 5.73 Å². The van der Waals surface area contributed by atoms with E-state index >= 15 is 0 Å². The van der Waals surface area contributed by atoms with Crippen LogP contribution in [0.1, 0.15) is 11.9 Å². The number of anilines is 1. The van der Waals surface area contributed by atoms with Gasteiger partial charge in [0.05, 0.1) is 0 Å². The normalized spacial score (nSPS) is 10.3. The molecule has 10 heavy (non-hydrogen) atoms. The number of aliphatic hydroxyl groups excluding tert-OH is 1. The van der Waals surface area contributed by atoms with Gasteiger partial charge >= 0.3 is 0 Å². The molecule has 0 amide bonds. The molecule has 4 nitrogen and oxygen atoms in total. The predicted molar refractivity (Wildman–Crippen MR) is 35.8 cm³/mol. The van der Waals surface area contributed by atoms with Crippen LogP contribution in [0, 0.1) is 0 Å². The standard InChI is InChI=1S/C6H8N2O2/c7-5-3-4(6(9)10)1-2-8-5/h1-3,6,9-10H,(H2,7,8). The molecule has 0 aliphatic rings. The summed E-state index contributed by atoms with van der Waals surface area (Å²) in [6.07, 6.45) is -0.0466. The zero-order valence-electron chi connectivity index (χ0n) is 5.23. The van der Waals surface area contributed by atoms with E-state index < -0.39 is 6.29 Å². The Kier molecular flexibility index (Phi) is 1.84. The summed E-state index contributed by atoms with van der Waals surface area (Å²) in [5.41, 5.74) is 5.62. The minimum absolute atomic E-state index is 0.283. The average molecular weight is 140 g/mol. The Morgan fingerprint density at radius 3 is 2.60 bits per heavy atom. The summed E-state index contributed by atoms with van der Waals surface area (Å²) in [6, 6.07) is 2.89. The summed E-state index contributed by atoms with van der Waals surface area (Å²) in [5, 5.41) is 17.2. The summed E-state index contributed by atoms with van der Waals surface area (Å²) in [7, 11) is 0. The molecule has 0 aliphatic heterocycles. The van der Waals surface area contributed by atoms with Crippen molar-refractivity contribution >= 4 is 5.82 Å². The fraction of sp³-hybridized carbons (Fsp3) is 0.167. The van der Waals surface area contributed by atoms with Crippen molar-refractivity contribution in [3.05, 3.63) is 23.9 Å². The number of hydrogen-bond acceptors (Lipinski definition) is 4. The Hall–Kier alpha value is -1.13. The van der Waals surface area contributed by atoms with Crippen LogP contribution in [0.25, 0.3) is 0 Å². The van der Waals surface area contributed by atoms with E-state index in [0.717, 1.165) is 0 Å². The van der Waals surface area contributed by atoms with E-state index in [1.165, 1.54) is 18.3 Å². The van der Waals surface area contributed by atoms with Gasteiger partial charge in [-0.05, 0) is 12.1 Å². The molecular formula is C6H8N2O2. The van der Waals surface area contributed by atoms with E-state index in [1.54, 1.807) is 0 Å². The average Bonchev–Trinajstić information content (AvgIpc) is 1.88. The zero-order chi connectivity index (χ0) is 7.56. The first-order valence-corrected chi connectivity index (χ1v) is 2.77. The third kappa shape index (κ3) is 1.43. The van der Waals surface area contributed by atoms with Crippen molar-refractivity contribution in [3.8, 4) is 0 Å². The number of aliphatic hydroxyl groups is 2. The van der Waals surface area contributed by atoms with Gasteiger partial charge in [-0.15, -0.1) is 0 Å². The van der Waals surface area contributed by atoms with E-state index in [0.29, 0.717) is 5.56 Å². The Balaban J connectivity index is 2.96. The predicted octanol–water partition coefficient (Wildman–Crippen LogP) is -0.353. The molecule has 0 bridgehead atoms. The Labute approximate surface area is 57.9 Å². The molecule has 0 saturated carbocycles. The molecule has 0 unspecified atom stereocenters. The summed E-state index contributed by atoms with van der Waals surface area (Å²) in [4.78, 5) is 3.68. The lowest BCUT2D eigenvalue weighted by Crippen LogP contribution is -1.97. The SMILES string of the molecule is Nc1cc(C(O)O)ccn1. The highest BCUT2D eigenvalue weighted by Gasteiger charge is 2.00. The highest BCUT2D eigenvalue weighted by molar-refractivity contribution is 5.32. The Morgan fingerprint density at radius 1 is 1.50 bits per heavy atom. The van der Waals surface area contributed by atoms with E-state index in [1.807, 2.05) is 0 Å². The molecule has 1 aromatic rings. The Morgan fingerprint density at radius 2 is 2.20 bits per heavy atom. The van der Waals surface area contributed by atoms with Gasteiger partial charge < -0.3 is 15.9 Å². The molecule has 1 heterocycles. The van der Waals surface area contributed by atoms with Gasteiger partial charge in [0.15, 0.2) is 6.29 Å². The molecular weight excluding hydrogens is 132 g/mol.